The fraction of sp³-hybridized carbons (Fsp3) is 0.400. The lowest BCUT2D eigenvalue weighted by Crippen LogP contribution is -2.44. The molecule has 1 unspecified atom stereocenters. The quantitative estimate of drug-likeness (QED) is 0.895. The van der Waals surface area contributed by atoms with Gasteiger partial charge in [-0.3, -0.25) is 14.4 Å². The Bertz CT molecular complexity index is 943. The lowest BCUT2D eigenvalue weighted by atomic mass is 10.1. The second kappa shape index (κ2) is 6.98. The van der Waals surface area contributed by atoms with Crippen LogP contribution in [0.5, 0.6) is 0 Å². The molecule has 0 radical (unpaired) electrons. The number of rotatable bonds is 3. The summed E-state index contributed by atoms with van der Waals surface area (Å²) in [6.07, 6.45) is 0.773. The first-order chi connectivity index (χ1) is 12.7. The molecular formula is C20H24N4O3. The van der Waals surface area contributed by atoms with Crippen molar-refractivity contribution in [1.82, 2.24) is 15.1 Å². The van der Waals surface area contributed by atoms with Gasteiger partial charge in [0.1, 0.15) is 12.2 Å². The Morgan fingerprint density at radius 3 is 2.59 bits per heavy atom. The van der Waals surface area contributed by atoms with Crippen molar-refractivity contribution in [3.05, 3.63) is 58.0 Å². The van der Waals surface area contributed by atoms with Gasteiger partial charge in [-0.15, -0.1) is 0 Å². The van der Waals surface area contributed by atoms with Crippen LogP contribution >= 0.6 is 0 Å². The number of benzene rings is 1. The Labute approximate surface area is 158 Å². The number of hydrogen-bond donors (Lipinski definition) is 1. The van der Waals surface area contributed by atoms with Crippen LogP contribution in [0.1, 0.15) is 43.7 Å². The molecule has 1 aromatic carbocycles. The molecule has 1 aromatic heterocycles. The van der Waals surface area contributed by atoms with Crippen molar-refractivity contribution in [3.8, 4) is 0 Å². The van der Waals surface area contributed by atoms with E-state index in [9.17, 15) is 14.4 Å². The van der Waals surface area contributed by atoms with Gasteiger partial charge in [0.25, 0.3) is 11.5 Å². The summed E-state index contributed by atoms with van der Waals surface area (Å²) in [4.78, 5) is 38.9. The number of nitrogens with zero attached hydrogens (tertiary/aromatic N) is 3. The number of amides is 2. The zero-order valence-electron chi connectivity index (χ0n) is 16.0. The summed E-state index contributed by atoms with van der Waals surface area (Å²) in [6.45, 7) is 7.31. The number of carbonyl (C=O) groups is 2. The first kappa shape index (κ1) is 18.8. The molecule has 1 aliphatic heterocycles. The Morgan fingerprint density at radius 2 is 1.89 bits per heavy atom. The third-order valence-electron chi connectivity index (χ3n) is 4.32. The van der Waals surface area contributed by atoms with Gasteiger partial charge in [0.2, 0.25) is 5.91 Å². The molecule has 0 saturated heterocycles. The highest BCUT2D eigenvalue weighted by Crippen LogP contribution is 2.32. The van der Waals surface area contributed by atoms with Gasteiger partial charge in [0, 0.05) is 23.3 Å². The summed E-state index contributed by atoms with van der Waals surface area (Å²) in [5.74, 6) is -0.612. The van der Waals surface area contributed by atoms with E-state index < -0.39 is 11.1 Å². The molecule has 0 saturated carbocycles. The topological polar surface area (TPSA) is 84.3 Å². The smallest absolute Gasteiger partial charge is 0.278 e. The van der Waals surface area contributed by atoms with Crippen LogP contribution in [-0.2, 0) is 17.8 Å². The van der Waals surface area contributed by atoms with Crippen molar-refractivity contribution in [3.63, 3.8) is 0 Å². The van der Waals surface area contributed by atoms with Crippen molar-refractivity contribution in [2.75, 3.05) is 4.90 Å². The Kier molecular flexibility index (Phi) is 4.87. The first-order valence-electron chi connectivity index (χ1n) is 8.96. The van der Waals surface area contributed by atoms with Crippen molar-refractivity contribution >= 4 is 17.5 Å². The van der Waals surface area contributed by atoms with Crippen LogP contribution in [0.25, 0.3) is 0 Å². The van der Waals surface area contributed by atoms with E-state index >= 15 is 0 Å². The number of hydrogen-bond acceptors (Lipinski definition) is 4. The predicted octanol–water partition coefficient (Wildman–Crippen LogP) is 1.75. The first-order valence-corrected chi connectivity index (χ1v) is 8.96. The van der Waals surface area contributed by atoms with Crippen molar-refractivity contribution in [1.29, 1.82) is 0 Å². The Balaban J connectivity index is 1.87. The highest BCUT2D eigenvalue weighted by Gasteiger charge is 2.32. The molecule has 1 atom stereocenters. The maximum atomic E-state index is 13.0. The van der Waals surface area contributed by atoms with Crippen LogP contribution in [0.3, 0.4) is 0 Å². The van der Waals surface area contributed by atoms with Crippen molar-refractivity contribution in [2.45, 2.75) is 52.2 Å². The molecule has 1 aliphatic rings. The molecule has 2 heterocycles. The minimum atomic E-state index is -0.425. The minimum Gasteiger partial charge on any atom is -0.350 e. The van der Waals surface area contributed by atoms with E-state index in [4.69, 9.17) is 0 Å². The van der Waals surface area contributed by atoms with Crippen LogP contribution in [0.2, 0.25) is 0 Å². The average molecular weight is 368 g/mol. The van der Waals surface area contributed by atoms with Crippen LogP contribution in [0.15, 0.2) is 41.2 Å². The van der Waals surface area contributed by atoms with Crippen LogP contribution in [-0.4, -0.2) is 33.2 Å². The van der Waals surface area contributed by atoms with E-state index in [-0.39, 0.29) is 30.1 Å². The van der Waals surface area contributed by atoms with Gasteiger partial charge in [-0.25, -0.2) is 4.68 Å². The second-order valence-electron chi connectivity index (χ2n) is 7.87. The van der Waals surface area contributed by atoms with Gasteiger partial charge < -0.3 is 10.2 Å². The maximum Gasteiger partial charge on any atom is 0.278 e. The number of nitrogens with one attached hydrogen (secondary N) is 1. The summed E-state index contributed by atoms with van der Waals surface area (Å²) >= 11 is 0. The van der Waals surface area contributed by atoms with Crippen molar-refractivity contribution in [2.24, 2.45) is 0 Å². The molecule has 3 rings (SSSR count). The standard InChI is InChI=1S/C20H24N4O3/c1-13-11-14-7-5-6-8-16(14)24(13)19(27)15-9-10-18(26)23(22-15)12-17(25)21-20(2,3)4/h5-10,13H,11-12H2,1-4H3,(H,21,25). The molecular weight excluding hydrogens is 344 g/mol. The van der Waals surface area contributed by atoms with E-state index in [0.29, 0.717) is 0 Å². The number of carbonyl (C=O) groups excluding carboxylic acids is 2. The van der Waals surface area contributed by atoms with Crippen LogP contribution < -0.4 is 15.8 Å². The fourth-order valence-corrected chi connectivity index (χ4v) is 3.27. The minimum absolute atomic E-state index is 0.00117. The number of aromatic nitrogens is 2. The molecule has 27 heavy (non-hydrogen) atoms. The highest BCUT2D eigenvalue weighted by molar-refractivity contribution is 6.06. The molecule has 0 aliphatic carbocycles. The summed E-state index contributed by atoms with van der Waals surface area (Å²) in [6, 6.07) is 10.4. The Hall–Kier alpha value is -2.96. The molecule has 0 bridgehead atoms. The highest BCUT2D eigenvalue weighted by atomic mass is 16.2. The third-order valence-corrected chi connectivity index (χ3v) is 4.32. The molecule has 142 valence electrons. The number of fused-ring (bicyclic) bond motifs is 1. The van der Waals surface area contributed by atoms with E-state index in [1.807, 2.05) is 52.0 Å². The third kappa shape index (κ3) is 4.07. The molecule has 7 heteroatoms. The SMILES string of the molecule is CC1Cc2ccccc2N1C(=O)c1ccc(=O)n(CC(=O)NC(C)(C)C)n1. The number of para-hydroxylation sites is 1. The van der Waals surface area contributed by atoms with Crippen LogP contribution in [0, 0.1) is 0 Å². The summed E-state index contributed by atoms with van der Waals surface area (Å²) in [5.41, 5.74) is 1.27. The molecule has 7 nitrogen and oxygen atoms in total. The maximum absolute atomic E-state index is 13.0. The molecule has 2 amide bonds. The van der Waals surface area contributed by atoms with E-state index in [2.05, 4.69) is 10.4 Å². The molecule has 2 aromatic rings. The van der Waals surface area contributed by atoms with E-state index in [1.54, 1.807) is 4.90 Å². The second-order valence-corrected chi connectivity index (χ2v) is 7.87. The zero-order valence-corrected chi connectivity index (χ0v) is 16.0. The molecule has 0 fully saturated rings. The van der Waals surface area contributed by atoms with Gasteiger partial charge in [0.15, 0.2) is 0 Å². The van der Waals surface area contributed by atoms with Crippen molar-refractivity contribution < 1.29 is 9.59 Å². The summed E-state index contributed by atoms with van der Waals surface area (Å²) in [7, 11) is 0. The molecule has 0 spiro atoms. The van der Waals surface area contributed by atoms with Gasteiger partial charge >= 0.3 is 0 Å². The predicted molar refractivity (Wildman–Crippen MR) is 103 cm³/mol. The van der Waals surface area contributed by atoms with Gasteiger partial charge in [-0.2, -0.15) is 5.10 Å². The van der Waals surface area contributed by atoms with Crippen LogP contribution in [0.4, 0.5) is 5.69 Å². The normalized spacial score (nSPS) is 16.1. The monoisotopic (exact) mass is 368 g/mol. The summed E-state index contributed by atoms with van der Waals surface area (Å²) < 4.78 is 1.03. The summed E-state index contributed by atoms with van der Waals surface area (Å²) in [5, 5.41) is 6.93. The average Bonchev–Trinajstić information content (AvgIpc) is 2.90. The molecule has 1 N–H and O–H groups in total. The zero-order chi connectivity index (χ0) is 19.8. The lowest BCUT2D eigenvalue weighted by Gasteiger charge is -2.23. The largest absolute Gasteiger partial charge is 0.350 e. The van der Waals surface area contributed by atoms with Gasteiger partial charge in [-0.1, -0.05) is 18.2 Å². The number of anilines is 1. The lowest BCUT2D eigenvalue weighted by molar-refractivity contribution is -0.123. The van der Waals surface area contributed by atoms with E-state index in [0.717, 1.165) is 22.4 Å². The van der Waals surface area contributed by atoms with E-state index in [1.165, 1.54) is 12.1 Å². The fourth-order valence-electron chi connectivity index (χ4n) is 3.27. The van der Waals surface area contributed by atoms with Gasteiger partial charge in [-0.05, 0) is 51.8 Å². The van der Waals surface area contributed by atoms with Gasteiger partial charge in [0.05, 0.1) is 0 Å². The Morgan fingerprint density at radius 1 is 1.19 bits per heavy atom.